The molecular formula is C19H30N4O4S. The zero-order valence-corrected chi connectivity index (χ0v) is 18.0. The summed E-state index contributed by atoms with van der Waals surface area (Å²) in [4.78, 5) is 36.0. The molecule has 8 nitrogen and oxygen atoms in total. The summed E-state index contributed by atoms with van der Waals surface area (Å²) in [6, 6.07) is 0. The van der Waals surface area contributed by atoms with E-state index in [0.29, 0.717) is 45.6 Å². The smallest absolute Gasteiger partial charge is 0.410 e. The molecule has 156 valence electrons. The van der Waals surface area contributed by atoms with E-state index in [1.165, 1.54) is 11.3 Å². The van der Waals surface area contributed by atoms with E-state index in [9.17, 15) is 9.59 Å². The van der Waals surface area contributed by atoms with Gasteiger partial charge in [-0.25, -0.2) is 9.78 Å². The Morgan fingerprint density at radius 2 is 2.04 bits per heavy atom. The summed E-state index contributed by atoms with van der Waals surface area (Å²) in [7, 11) is 3.70. The average Bonchev–Trinajstić information content (AvgIpc) is 3.16. The summed E-state index contributed by atoms with van der Waals surface area (Å²) in [5.41, 5.74) is 0.335. The van der Waals surface area contributed by atoms with Crippen molar-refractivity contribution in [2.24, 2.45) is 0 Å². The number of aryl methyl sites for hydroxylation is 2. The number of piperidine rings is 1. The Hall–Kier alpha value is -1.71. The molecule has 0 bridgehead atoms. The standard InChI is InChI=1S/C19H30N4O4S/c1-14-16(28-15(2)20-14)17(24)22-7-5-19(6-8-22)13-23(18(25)27-19)10-9-21(3)11-12-26-4/h5-13H2,1-4H3. The molecule has 28 heavy (non-hydrogen) atoms. The molecule has 9 heteroatoms. The van der Waals surface area contributed by atoms with Crippen LogP contribution >= 0.6 is 11.3 Å². The Morgan fingerprint density at radius 3 is 2.64 bits per heavy atom. The topological polar surface area (TPSA) is 75.2 Å². The molecule has 0 radical (unpaired) electrons. The molecule has 3 heterocycles. The van der Waals surface area contributed by atoms with Crippen molar-refractivity contribution in [2.45, 2.75) is 32.3 Å². The normalized spacial score (nSPS) is 19.0. The van der Waals surface area contributed by atoms with Gasteiger partial charge in [0.15, 0.2) is 0 Å². The van der Waals surface area contributed by atoms with Crippen molar-refractivity contribution in [3.8, 4) is 0 Å². The zero-order valence-electron chi connectivity index (χ0n) is 17.2. The van der Waals surface area contributed by atoms with Crippen LogP contribution in [0.5, 0.6) is 0 Å². The summed E-state index contributed by atoms with van der Waals surface area (Å²) >= 11 is 1.45. The predicted molar refractivity (Wildman–Crippen MR) is 107 cm³/mol. The van der Waals surface area contributed by atoms with Gasteiger partial charge in [0.1, 0.15) is 10.5 Å². The van der Waals surface area contributed by atoms with E-state index in [2.05, 4.69) is 9.88 Å². The molecule has 2 amide bonds. The minimum atomic E-state index is -0.461. The molecule has 2 saturated heterocycles. The van der Waals surface area contributed by atoms with Gasteiger partial charge in [-0.05, 0) is 20.9 Å². The Labute approximate surface area is 170 Å². The number of methoxy groups -OCH3 is 1. The van der Waals surface area contributed by atoms with Gasteiger partial charge in [0.25, 0.3) is 5.91 Å². The number of aromatic nitrogens is 1. The minimum absolute atomic E-state index is 0.0406. The summed E-state index contributed by atoms with van der Waals surface area (Å²) in [6.07, 6.45) is 1.11. The predicted octanol–water partition coefficient (Wildman–Crippen LogP) is 1.77. The molecule has 2 fully saturated rings. The van der Waals surface area contributed by atoms with Gasteiger partial charge in [0.2, 0.25) is 0 Å². The number of hydrogen-bond acceptors (Lipinski definition) is 7. The quantitative estimate of drug-likeness (QED) is 0.682. The van der Waals surface area contributed by atoms with Crippen LogP contribution < -0.4 is 0 Å². The second kappa shape index (κ2) is 8.75. The van der Waals surface area contributed by atoms with E-state index in [1.807, 2.05) is 25.8 Å². The zero-order chi connectivity index (χ0) is 20.3. The molecule has 2 aliphatic rings. The molecule has 0 N–H and O–H groups in total. The van der Waals surface area contributed by atoms with Crippen molar-refractivity contribution >= 4 is 23.3 Å². The van der Waals surface area contributed by atoms with Gasteiger partial charge >= 0.3 is 6.09 Å². The molecule has 2 aliphatic heterocycles. The van der Waals surface area contributed by atoms with E-state index in [4.69, 9.17) is 9.47 Å². The second-order valence-corrected chi connectivity index (χ2v) is 8.91. The van der Waals surface area contributed by atoms with E-state index in [0.717, 1.165) is 28.7 Å². The number of thiazole rings is 1. The lowest BCUT2D eigenvalue weighted by Gasteiger charge is -2.37. The van der Waals surface area contributed by atoms with Crippen LogP contribution in [0.3, 0.4) is 0 Å². The lowest BCUT2D eigenvalue weighted by Crippen LogP contribution is -2.49. The number of carbonyl (C=O) groups excluding carboxylic acids is 2. The Bertz CT molecular complexity index is 715. The maximum absolute atomic E-state index is 12.8. The molecule has 1 spiro atoms. The highest BCUT2D eigenvalue weighted by molar-refractivity contribution is 7.13. The number of ether oxygens (including phenoxy) is 2. The third-order valence-electron chi connectivity index (χ3n) is 5.53. The maximum Gasteiger partial charge on any atom is 0.410 e. The lowest BCUT2D eigenvalue weighted by molar-refractivity contribution is 0.00325. The van der Waals surface area contributed by atoms with Crippen LogP contribution in [0, 0.1) is 13.8 Å². The van der Waals surface area contributed by atoms with Crippen LogP contribution in [0.2, 0.25) is 0 Å². The second-order valence-electron chi connectivity index (χ2n) is 7.71. The van der Waals surface area contributed by atoms with Crippen molar-refractivity contribution in [1.82, 2.24) is 19.7 Å². The number of likely N-dealkylation sites (N-methyl/N-ethyl adjacent to an activating group) is 1. The van der Waals surface area contributed by atoms with Crippen molar-refractivity contribution < 1.29 is 19.1 Å². The molecule has 0 aromatic carbocycles. The first-order chi connectivity index (χ1) is 13.3. The Kier molecular flexibility index (Phi) is 6.57. The summed E-state index contributed by atoms with van der Waals surface area (Å²) in [5.74, 6) is 0.0406. The van der Waals surface area contributed by atoms with Crippen LogP contribution in [0.1, 0.15) is 33.2 Å². The molecule has 0 aliphatic carbocycles. The van der Waals surface area contributed by atoms with Crippen LogP contribution in [-0.4, -0.2) is 97.3 Å². The van der Waals surface area contributed by atoms with Crippen LogP contribution in [0.4, 0.5) is 4.79 Å². The van der Waals surface area contributed by atoms with Gasteiger partial charge in [-0.3, -0.25) is 4.79 Å². The first-order valence-corrected chi connectivity index (χ1v) is 10.5. The first-order valence-electron chi connectivity index (χ1n) is 9.72. The summed E-state index contributed by atoms with van der Waals surface area (Å²) < 4.78 is 10.9. The number of nitrogens with zero attached hydrogens (tertiary/aromatic N) is 4. The molecule has 3 rings (SSSR count). The minimum Gasteiger partial charge on any atom is -0.441 e. The number of likely N-dealkylation sites (tertiary alicyclic amines) is 1. The third-order valence-corrected chi connectivity index (χ3v) is 6.59. The van der Waals surface area contributed by atoms with E-state index in [1.54, 1.807) is 12.0 Å². The van der Waals surface area contributed by atoms with E-state index in [-0.39, 0.29) is 12.0 Å². The molecule has 0 atom stereocenters. The fraction of sp³-hybridized carbons (Fsp3) is 0.737. The summed E-state index contributed by atoms with van der Waals surface area (Å²) in [5, 5.41) is 0.908. The fourth-order valence-electron chi connectivity index (χ4n) is 3.77. The van der Waals surface area contributed by atoms with Gasteiger partial charge in [0.05, 0.1) is 23.9 Å². The van der Waals surface area contributed by atoms with Gasteiger partial charge in [-0.1, -0.05) is 0 Å². The van der Waals surface area contributed by atoms with Gasteiger partial charge in [-0.2, -0.15) is 0 Å². The average molecular weight is 411 g/mol. The third kappa shape index (κ3) is 4.64. The molecular weight excluding hydrogens is 380 g/mol. The SMILES string of the molecule is COCCN(C)CCN1CC2(CCN(C(=O)c3sc(C)nc3C)CC2)OC1=O. The highest BCUT2D eigenvalue weighted by Gasteiger charge is 2.47. The summed E-state index contributed by atoms with van der Waals surface area (Å²) in [6.45, 7) is 8.53. The van der Waals surface area contributed by atoms with Gasteiger partial charge in [-0.15, -0.1) is 11.3 Å². The van der Waals surface area contributed by atoms with Crippen molar-refractivity contribution in [1.29, 1.82) is 0 Å². The highest BCUT2D eigenvalue weighted by atomic mass is 32.1. The number of carbonyl (C=O) groups is 2. The van der Waals surface area contributed by atoms with Crippen LogP contribution in [0.25, 0.3) is 0 Å². The first kappa shape index (κ1) is 21.0. The fourth-order valence-corrected chi connectivity index (χ4v) is 4.65. The van der Waals surface area contributed by atoms with Crippen molar-refractivity contribution in [3.05, 3.63) is 15.6 Å². The Morgan fingerprint density at radius 1 is 1.32 bits per heavy atom. The molecule has 1 aromatic rings. The van der Waals surface area contributed by atoms with E-state index < -0.39 is 5.60 Å². The highest BCUT2D eigenvalue weighted by Crippen LogP contribution is 2.34. The Balaban J connectivity index is 1.52. The lowest BCUT2D eigenvalue weighted by atomic mass is 9.91. The monoisotopic (exact) mass is 410 g/mol. The number of hydrogen-bond donors (Lipinski definition) is 0. The number of amides is 2. The largest absolute Gasteiger partial charge is 0.441 e. The molecule has 1 aromatic heterocycles. The van der Waals surface area contributed by atoms with E-state index >= 15 is 0 Å². The number of rotatable bonds is 7. The van der Waals surface area contributed by atoms with Gasteiger partial charge in [0, 0.05) is 52.7 Å². The van der Waals surface area contributed by atoms with Crippen molar-refractivity contribution in [3.63, 3.8) is 0 Å². The van der Waals surface area contributed by atoms with Crippen LogP contribution in [-0.2, 0) is 9.47 Å². The van der Waals surface area contributed by atoms with Crippen LogP contribution in [0.15, 0.2) is 0 Å². The molecule has 0 saturated carbocycles. The molecule has 0 unspecified atom stereocenters. The maximum atomic E-state index is 12.8. The van der Waals surface area contributed by atoms with Crippen molar-refractivity contribution in [2.75, 3.05) is 60.0 Å². The van der Waals surface area contributed by atoms with Gasteiger partial charge < -0.3 is 24.2 Å².